The Morgan fingerprint density at radius 1 is 1.42 bits per heavy atom. The molecule has 0 bridgehead atoms. The molecule has 1 heterocycles. The maximum Gasteiger partial charge on any atom is 0.245 e. The lowest BCUT2D eigenvalue weighted by Crippen LogP contribution is -2.45. The summed E-state index contributed by atoms with van der Waals surface area (Å²) in [7, 11) is 0. The van der Waals surface area contributed by atoms with Crippen LogP contribution in [0.15, 0.2) is 24.3 Å². The summed E-state index contributed by atoms with van der Waals surface area (Å²) < 4.78 is 0. The number of aromatic nitrogens is 2. The molecule has 0 aliphatic heterocycles. The van der Waals surface area contributed by atoms with Crippen LogP contribution in [0.2, 0.25) is 5.02 Å². The summed E-state index contributed by atoms with van der Waals surface area (Å²) in [5.41, 5.74) is 5.59. The Hall–Kier alpha value is -1.50. The number of hydrogen-bond donors (Lipinski definition) is 2. The predicted octanol–water partition coefficient (Wildman–Crippen LogP) is 2.53. The van der Waals surface area contributed by atoms with E-state index in [4.69, 9.17) is 17.3 Å². The average molecular weight is 297 g/mol. The van der Waals surface area contributed by atoms with Gasteiger partial charge < -0.3 is 5.73 Å². The minimum Gasteiger partial charge on any atom is -0.318 e. The van der Waals surface area contributed by atoms with Gasteiger partial charge in [-0.2, -0.15) is 0 Å². The lowest BCUT2D eigenvalue weighted by Gasteiger charge is -2.15. The van der Waals surface area contributed by atoms with Gasteiger partial charge in [-0.05, 0) is 26.0 Å². The van der Waals surface area contributed by atoms with E-state index in [0.29, 0.717) is 15.2 Å². The molecule has 2 rings (SSSR count). The first-order valence-corrected chi connectivity index (χ1v) is 6.75. The second-order valence-corrected chi connectivity index (χ2v) is 6.01. The van der Waals surface area contributed by atoms with Crippen molar-refractivity contribution in [3.8, 4) is 10.6 Å². The first-order chi connectivity index (χ1) is 8.86. The van der Waals surface area contributed by atoms with Gasteiger partial charge in [-0.1, -0.05) is 35.1 Å². The van der Waals surface area contributed by atoms with Crippen molar-refractivity contribution in [2.45, 2.75) is 19.4 Å². The van der Waals surface area contributed by atoms with E-state index in [1.165, 1.54) is 11.3 Å². The van der Waals surface area contributed by atoms with Crippen molar-refractivity contribution in [2.24, 2.45) is 5.73 Å². The number of carbonyl (C=O) groups excluding carboxylic acids is 1. The lowest BCUT2D eigenvalue weighted by molar-refractivity contribution is -0.120. The minimum atomic E-state index is -0.956. The SMILES string of the molecule is CC(C)(N)C(=O)Nc1nnc(-c2cccc(Cl)c2)s1. The normalized spacial score (nSPS) is 11.4. The molecule has 0 radical (unpaired) electrons. The Kier molecular flexibility index (Phi) is 3.84. The molecule has 0 saturated heterocycles. The largest absolute Gasteiger partial charge is 0.318 e. The number of hydrogen-bond acceptors (Lipinski definition) is 5. The fourth-order valence-electron chi connectivity index (χ4n) is 1.27. The van der Waals surface area contributed by atoms with Crippen molar-refractivity contribution in [1.82, 2.24) is 10.2 Å². The average Bonchev–Trinajstić information content (AvgIpc) is 2.76. The van der Waals surface area contributed by atoms with E-state index in [0.717, 1.165) is 5.56 Å². The molecule has 0 unspecified atom stereocenters. The summed E-state index contributed by atoms with van der Waals surface area (Å²) in [6.07, 6.45) is 0. The maximum absolute atomic E-state index is 11.7. The smallest absolute Gasteiger partial charge is 0.245 e. The third-order valence-corrected chi connectivity index (χ3v) is 3.43. The molecule has 7 heteroatoms. The fourth-order valence-corrected chi connectivity index (χ4v) is 2.20. The van der Waals surface area contributed by atoms with Crippen LogP contribution in [0.5, 0.6) is 0 Å². The molecular weight excluding hydrogens is 284 g/mol. The van der Waals surface area contributed by atoms with Crippen molar-refractivity contribution in [1.29, 1.82) is 0 Å². The number of anilines is 1. The Balaban J connectivity index is 2.18. The molecule has 1 aromatic heterocycles. The molecule has 0 fully saturated rings. The third kappa shape index (κ3) is 3.50. The number of rotatable bonds is 3. The van der Waals surface area contributed by atoms with Crippen LogP contribution in [0, 0.1) is 0 Å². The summed E-state index contributed by atoms with van der Waals surface area (Å²) in [5, 5.41) is 12.3. The summed E-state index contributed by atoms with van der Waals surface area (Å²) in [6, 6.07) is 7.29. The van der Waals surface area contributed by atoms with Gasteiger partial charge in [0.25, 0.3) is 0 Å². The summed E-state index contributed by atoms with van der Waals surface area (Å²) >= 11 is 7.19. The van der Waals surface area contributed by atoms with Gasteiger partial charge >= 0.3 is 0 Å². The van der Waals surface area contributed by atoms with Gasteiger partial charge in [0.2, 0.25) is 11.0 Å². The number of nitrogens with two attached hydrogens (primary N) is 1. The van der Waals surface area contributed by atoms with Gasteiger partial charge in [0.15, 0.2) is 0 Å². The number of nitrogens with one attached hydrogen (secondary N) is 1. The monoisotopic (exact) mass is 296 g/mol. The van der Waals surface area contributed by atoms with Crippen LogP contribution < -0.4 is 11.1 Å². The molecule has 5 nitrogen and oxygen atoms in total. The fraction of sp³-hybridized carbons (Fsp3) is 0.250. The number of carbonyl (C=O) groups is 1. The second kappa shape index (κ2) is 5.24. The highest BCUT2D eigenvalue weighted by Gasteiger charge is 2.23. The zero-order valence-corrected chi connectivity index (χ0v) is 12.0. The van der Waals surface area contributed by atoms with Gasteiger partial charge in [0, 0.05) is 10.6 Å². The van der Waals surface area contributed by atoms with E-state index >= 15 is 0 Å². The number of nitrogens with zero attached hydrogens (tertiary/aromatic N) is 2. The summed E-state index contributed by atoms with van der Waals surface area (Å²) in [5.74, 6) is -0.304. The summed E-state index contributed by atoms with van der Waals surface area (Å²) in [4.78, 5) is 11.7. The second-order valence-electron chi connectivity index (χ2n) is 4.60. The molecule has 0 aliphatic carbocycles. The van der Waals surface area contributed by atoms with Gasteiger partial charge in [0.05, 0.1) is 5.54 Å². The highest BCUT2D eigenvalue weighted by molar-refractivity contribution is 7.18. The van der Waals surface area contributed by atoms with Gasteiger partial charge in [0.1, 0.15) is 5.01 Å². The zero-order chi connectivity index (χ0) is 14.0. The van der Waals surface area contributed by atoms with Crippen LogP contribution in [0.1, 0.15) is 13.8 Å². The van der Waals surface area contributed by atoms with Crippen molar-refractivity contribution in [2.75, 3.05) is 5.32 Å². The van der Waals surface area contributed by atoms with Crippen LogP contribution >= 0.6 is 22.9 Å². The number of halogens is 1. The van der Waals surface area contributed by atoms with Gasteiger partial charge in [-0.3, -0.25) is 10.1 Å². The molecule has 0 atom stereocenters. The molecule has 100 valence electrons. The summed E-state index contributed by atoms with van der Waals surface area (Å²) in [6.45, 7) is 3.25. The van der Waals surface area contributed by atoms with E-state index in [1.807, 2.05) is 12.1 Å². The number of amides is 1. The minimum absolute atomic E-state index is 0.304. The van der Waals surface area contributed by atoms with Gasteiger partial charge in [-0.25, -0.2) is 0 Å². The van der Waals surface area contributed by atoms with Crippen LogP contribution in [0.4, 0.5) is 5.13 Å². The molecule has 0 saturated carbocycles. The van der Waals surface area contributed by atoms with Crippen LogP contribution in [-0.2, 0) is 4.79 Å². The molecule has 3 N–H and O–H groups in total. The predicted molar refractivity (Wildman–Crippen MR) is 77.3 cm³/mol. The van der Waals surface area contributed by atoms with Crippen molar-refractivity contribution < 1.29 is 4.79 Å². The van der Waals surface area contributed by atoms with Gasteiger partial charge in [-0.15, -0.1) is 10.2 Å². The standard InChI is InChI=1S/C12H13ClN4OS/c1-12(2,14)10(18)15-11-17-16-9(19-11)7-4-3-5-8(13)6-7/h3-6H,14H2,1-2H3,(H,15,17,18). The highest BCUT2D eigenvalue weighted by Crippen LogP contribution is 2.28. The third-order valence-electron chi connectivity index (χ3n) is 2.30. The molecule has 1 amide bonds. The zero-order valence-electron chi connectivity index (χ0n) is 10.5. The molecule has 0 aliphatic rings. The molecule has 2 aromatic rings. The first-order valence-electron chi connectivity index (χ1n) is 5.56. The van der Waals surface area contributed by atoms with Crippen molar-refractivity contribution in [3.63, 3.8) is 0 Å². The quantitative estimate of drug-likeness (QED) is 0.912. The molecule has 1 aromatic carbocycles. The first kappa shape index (κ1) is 13.9. The Labute approximate surface area is 119 Å². The molecule has 19 heavy (non-hydrogen) atoms. The topological polar surface area (TPSA) is 80.9 Å². The van der Waals surface area contributed by atoms with E-state index < -0.39 is 5.54 Å². The Morgan fingerprint density at radius 2 is 2.16 bits per heavy atom. The van der Waals surface area contributed by atoms with Crippen LogP contribution in [-0.4, -0.2) is 21.6 Å². The lowest BCUT2D eigenvalue weighted by atomic mass is 10.1. The van der Waals surface area contributed by atoms with E-state index in [2.05, 4.69) is 15.5 Å². The Morgan fingerprint density at radius 3 is 2.79 bits per heavy atom. The van der Waals surface area contributed by atoms with Crippen LogP contribution in [0.25, 0.3) is 10.6 Å². The molecule has 0 spiro atoms. The highest BCUT2D eigenvalue weighted by atomic mass is 35.5. The molecular formula is C12H13ClN4OS. The van der Waals surface area contributed by atoms with E-state index in [-0.39, 0.29) is 5.91 Å². The Bertz CT molecular complexity index is 606. The van der Waals surface area contributed by atoms with Crippen molar-refractivity contribution in [3.05, 3.63) is 29.3 Å². The number of benzene rings is 1. The maximum atomic E-state index is 11.7. The van der Waals surface area contributed by atoms with Crippen LogP contribution in [0.3, 0.4) is 0 Å². The van der Waals surface area contributed by atoms with E-state index in [1.54, 1.807) is 26.0 Å². The van der Waals surface area contributed by atoms with Crippen molar-refractivity contribution >= 4 is 34.0 Å². The van der Waals surface area contributed by atoms with E-state index in [9.17, 15) is 4.79 Å².